The average Bonchev–Trinajstić information content (AvgIpc) is 4.13. The number of carbonyl (C=O) groups excluding carboxylic acids is 2. The van der Waals surface area contributed by atoms with Crippen LogP contribution in [0.25, 0.3) is 88.4 Å². The van der Waals surface area contributed by atoms with E-state index in [1.165, 1.54) is 0 Å². The monoisotopic (exact) mass is 856 g/mol. The van der Waals surface area contributed by atoms with Gasteiger partial charge in [-0.2, -0.15) is 0 Å². The Kier molecular flexibility index (Phi) is 7.88. The van der Waals surface area contributed by atoms with Crippen LogP contribution >= 0.6 is 0 Å². The van der Waals surface area contributed by atoms with Gasteiger partial charge in [0, 0.05) is 54.9 Å². The first kappa shape index (κ1) is 37.5. The van der Waals surface area contributed by atoms with Gasteiger partial charge in [0.25, 0.3) is 0 Å². The van der Waals surface area contributed by atoms with Crippen LogP contribution in [0.5, 0.6) is 0 Å². The molecule has 0 amide bonds. The largest absolute Gasteiger partial charge is 0.455 e. The van der Waals surface area contributed by atoms with Gasteiger partial charge in [-0.1, -0.05) is 194 Å². The van der Waals surface area contributed by atoms with Gasteiger partial charge in [0.2, 0.25) is 0 Å². The van der Waals surface area contributed by atoms with Gasteiger partial charge >= 0.3 is 0 Å². The van der Waals surface area contributed by atoms with Gasteiger partial charge < -0.3 is 8.83 Å². The molecule has 312 valence electrons. The quantitative estimate of drug-likeness (QED) is 0.156. The van der Waals surface area contributed by atoms with Gasteiger partial charge in [-0.15, -0.1) is 0 Å². The second kappa shape index (κ2) is 14.1. The zero-order valence-corrected chi connectivity index (χ0v) is 35.9. The lowest BCUT2D eigenvalue weighted by Gasteiger charge is -2.31. The lowest BCUT2D eigenvalue weighted by molar-refractivity contribution is 0.103. The highest BCUT2D eigenvalue weighted by Crippen LogP contribution is 2.63. The number of fused-ring (bicyclic) bond motifs is 16. The summed E-state index contributed by atoms with van der Waals surface area (Å²) in [6.45, 7) is 0. The van der Waals surface area contributed by atoms with E-state index in [0.717, 1.165) is 111 Å². The summed E-state index contributed by atoms with van der Waals surface area (Å²) in [5.74, 6) is -0.115. The predicted octanol–water partition coefficient (Wildman–Crippen LogP) is 15.6. The van der Waals surface area contributed by atoms with Crippen LogP contribution < -0.4 is 0 Å². The fourth-order valence-corrected chi connectivity index (χ4v) is 11.3. The van der Waals surface area contributed by atoms with Gasteiger partial charge in [0.1, 0.15) is 22.3 Å². The summed E-state index contributed by atoms with van der Waals surface area (Å²) < 4.78 is 12.7. The van der Waals surface area contributed by atoms with Crippen LogP contribution in [0.4, 0.5) is 0 Å². The number of benzene rings is 10. The average molecular weight is 857 g/mol. The van der Waals surface area contributed by atoms with Gasteiger partial charge in [-0.3, -0.25) is 9.59 Å². The smallest absolute Gasteiger partial charge is 0.193 e. The number of hydrogen-bond donors (Lipinski definition) is 0. The normalized spacial score (nSPS) is 13.0. The second-order valence-electron chi connectivity index (χ2n) is 17.7. The molecule has 1 spiro atoms. The van der Waals surface area contributed by atoms with Crippen LogP contribution in [-0.2, 0) is 5.41 Å². The van der Waals surface area contributed by atoms with Crippen molar-refractivity contribution < 1.29 is 18.4 Å². The first-order valence-corrected chi connectivity index (χ1v) is 22.6. The van der Waals surface area contributed by atoms with Crippen molar-refractivity contribution in [3.8, 4) is 44.5 Å². The first-order valence-electron chi connectivity index (χ1n) is 22.6. The molecule has 2 heterocycles. The molecule has 0 bridgehead atoms. The van der Waals surface area contributed by atoms with Crippen molar-refractivity contribution in [3.05, 3.63) is 263 Å². The summed E-state index contributed by atoms with van der Waals surface area (Å²) in [7, 11) is 0. The Bertz CT molecular complexity index is 3800. The zero-order valence-electron chi connectivity index (χ0n) is 35.9. The van der Waals surface area contributed by atoms with Crippen molar-refractivity contribution in [3.63, 3.8) is 0 Å². The molecule has 2 aromatic heterocycles. The lowest BCUT2D eigenvalue weighted by atomic mass is 9.70. The highest BCUT2D eigenvalue weighted by molar-refractivity contribution is 6.14. The highest BCUT2D eigenvalue weighted by atomic mass is 16.3. The highest BCUT2D eigenvalue weighted by Gasteiger charge is 2.52. The van der Waals surface area contributed by atoms with Gasteiger partial charge in [-0.05, 0) is 79.9 Å². The van der Waals surface area contributed by atoms with Crippen LogP contribution in [0.15, 0.2) is 227 Å². The molecule has 0 atom stereocenters. The van der Waals surface area contributed by atoms with Crippen LogP contribution in [0.3, 0.4) is 0 Å². The van der Waals surface area contributed by atoms with E-state index in [9.17, 15) is 9.59 Å². The maximum atomic E-state index is 14.6. The standard InChI is InChI=1S/C63H36O4/c64-59(39-27-23-37(24-28-39)43-15-9-17-51-49-13-3-7-21-57(49)66-61(43)51)41-31-33-47-45-11-1-5-19-53(45)63(55(47)35-41)54-20-6-2-12-46(54)48-34-32-42(36-56(48)63)60(65)40-29-25-38(26-30-40)44-16-10-18-52-50-14-4-8-22-58(50)67-62(44)52/h1-36H. The molecule has 4 nitrogen and oxygen atoms in total. The van der Waals surface area contributed by atoms with E-state index < -0.39 is 5.41 Å². The summed E-state index contributed by atoms with van der Waals surface area (Å²) >= 11 is 0. The van der Waals surface area contributed by atoms with Crippen LogP contribution in [-0.4, -0.2) is 11.6 Å². The third kappa shape index (κ3) is 5.29. The summed E-state index contributed by atoms with van der Waals surface area (Å²) in [4.78, 5) is 29.3. The van der Waals surface area contributed by atoms with Crippen LogP contribution in [0, 0.1) is 0 Å². The summed E-state index contributed by atoms with van der Waals surface area (Å²) in [6.07, 6.45) is 0. The Morgan fingerprint density at radius 2 is 0.657 bits per heavy atom. The van der Waals surface area contributed by atoms with Crippen LogP contribution in [0.2, 0.25) is 0 Å². The molecule has 0 aliphatic heterocycles. The number of rotatable bonds is 6. The third-order valence-electron chi connectivity index (χ3n) is 14.3. The number of furan rings is 2. The van der Waals surface area contributed by atoms with Crippen molar-refractivity contribution in [2.75, 3.05) is 0 Å². The molecule has 10 aromatic carbocycles. The molecular weight excluding hydrogens is 821 g/mol. The number of hydrogen-bond acceptors (Lipinski definition) is 4. The van der Waals surface area contributed by atoms with Crippen molar-refractivity contribution in [1.82, 2.24) is 0 Å². The molecule has 4 heteroatoms. The lowest BCUT2D eigenvalue weighted by Crippen LogP contribution is -2.26. The van der Waals surface area contributed by atoms with E-state index >= 15 is 0 Å². The maximum absolute atomic E-state index is 14.6. The van der Waals surface area contributed by atoms with Crippen molar-refractivity contribution in [1.29, 1.82) is 0 Å². The molecule has 0 saturated heterocycles. The summed E-state index contributed by atoms with van der Waals surface area (Å²) in [6, 6.07) is 73.7. The minimum Gasteiger partial charge on any atom is -0.455 e. The Morgan fingerprint density at radius 1 is 0.299 bits per heavy atom. The van der Waals surface area contributed by atoms with Gasteiger partial charge in [0.15, 0.2) is 11.6 Å². The molecule has 0 unspecified atom stereocenters. The van der Waals surface area contributed by atoms with E-state index in [0.29, 0.717) is 22.3 Å². The SMILES string of the molecule is O=C(c1ccc(-c2cccc3c2oc2ccccc23)cc1)c1ccc2c(c1)C1(c3ccccc3-2)c2ccccc2-c2ccc(C(=O)c3ccc(-c4cccc5c4oc4ccccc45)cc3)cc21. The van der Waals surface area contributed by atoms with Gasteiger partial charge in [-0.25, -0.2) is 0 Å². The Hall–Kier alpha value is -8.86. The van der Waals surface area contributed by atoms with Crippen LogP contribution in [0.1, 0.15) is 54.1 Å². The van der Waals surface area contributed by atoms with Crippen molar-refractivity contribution in [2.45, 2.75) is 5.41 Å². The fraction of sp³-hybridized carbons (Fsp3) is 0.0159. The molecule has 14 rings (SSSR count). The van der Waals surface area contributed by atoms with E-state index in [-0.39, 0.29) is 11.6 Å². The molecule has 12 aromatic rings. The zero-order chi connectivity index (χ0) is 44.4. The second-order valence-corrected chi connectivity index (χ2v) is 17.7. The molecule has 2 aliphatic carbocycles. The molecule has 2 aliphatic rings. The Balaban J connectivity index is 0.850. The maximum Gasteiger partial charge on any atom is 0.193 e. The number of ketones is 2. The number of carbonyl (C=O) groups is 2. The molecule has 0 radical (unpaired) electrons. The van der Waals surface area contributed by atoms with Crippen molar-refractivity contribution >= 4 is 55.4 Å². The third-order valence-corrected chi connectivity index (χ3v) is 14.3. The minimum atomic E-state index is -0.755. The number of para-hydroxylation sites is 4. The molecule has 0 N–H and O–H groups in total. The van der Waals surface area contributed by atoms with E-state index in [4.69, 9.17) is 8.83 Å². The summed E-state index contributed by atoms with van der Waals surface area (Å²) in [5.41, 5.74) is 17.7. The van der Waals surface area contributed by atoms with E-state index in [2.05, 4.69) is 121 Å². The van der Waals surface area contributed by atoms with E-state index in [1.807, 2.05) is 97.1 Å². The topological polar surface area (TPSA) is 60.4 Å². The van der Waals surface area contributed by atoms with Crippen molar-refractivity contribution in [2.24, 2.45) is 0 Å². The minimum absolute atomic E-state index is 0.0576. The Morgan fingerprint density at radius 3 is 1.12 bits per heavy atom. The Labute approximate surface area is 385 Å². The molecule has 67 heavy (non-hydrogen) atoms. The van der Waals surface area contributed by atoms with Gasteiger partial charge in [0.05, 0.1) is 5.41 Å². The van der Waals surface area contributed by atoms with E-state index in [1.54, 1.807) is 0 Å². The molecular formula is C63H36O4. The predicted molar refractivity (Wildman–Crippen MR) is 268 cm³/mol. The molecule has 0 fully saturated rings. The summed E-state index contributed by atoms with van der Waals surface area (Å²) in [5, 5.41) is 4.29. The fourth-order valence-electron chi connectivity index (χ4n) is 11.3. The first-order chi connectivity index (χ1) is 33.0. The molecule has 0 saturated carbocycles.